The standard InChI is InChI=1S/C29H28N4O2S/c1-16-13-18(3)25(19(4)14-16)31-24(34)15-36-29-32-26-21-10-6-7-11-22(21)30-27(26)28(35)33(29)23-12-8-9-17(2)20(23)5/h6-14,30H,15H2,1-5H3,(H,31,34). The Kier molecular flexibility index (Phi) is 6.18. The van der Waals surface area contributed by atoms with Crippen LogP contribution in [0.15, 0.2) is 64.5 Å². The minimum Gasteiger partial charge on any atom is -0.349 e. The largest absolute Gasteiger partial charge is 0.349 e. The van der Waals surface area contributed by atoms with Crippen molar-refractivity contribution >= 4 is 45.3 Å². The summed E-state index contributed by atoms with van der Waals surface area (Å²) in [5.41, 5.74) is 8.62. The predicted octanol–water partition coefficient (Wildman–Crippen LogP) is 6.14. The summed E-state index contributed by atoms with van der Waals surface area (Å²) in [6.45, 7) is 10.0. The fourth-order valence-electron chi connectivity index (χ4n) is 4.71. The van der Waals surface area contributed by atoms with E-state index in [4.69, 9.17) is 4.98 Å². The molecule has 7 heteroatoms. The zero-order valence-electron chi connectivity index (χ0n) is 21.0. The monoisotopic (exact) mass is 496 g/mol. The molecule has 0 unspecified atom stereocenters. The second-order valence-corrected chi connectivity index (χ2v) is 10.2. The quantitative estimate of drug-likeness (QED) is 0.226. The number of anilines is 1. The van der Waals surface area contributed by atoms with E-state index in [2.05, 4.69) is 22.4 Å². The van der Waals surface area contributed by atoms with Crippen molar-refractivity contribution in [2.24, 2.45) is 0 Å². The Morgan fingerprint density at radius 2 is 1.69 bits per heavy atom. The lowest BCUT2D eigenvalue weighted by atomic mass is 10.1. The van der Waals surface area contributed by atoms with Crippen molar-refractivity contribution in [2.45, 2.75) is 39.8 Å². The van der Waals surface area contributed by atoms with E-state index in [1.54, 1.807) is 4.57 Å². The van der Waals surface area contributed by atoms with Crippen molar-refractivity contribution in [3.63, 3.8) is 0 Å². The first kappa shape index (κ1) is 23.9. The summed E-state index contributed by atoms with van der Waals surface area (Å²) in [6.07, 6.45) is 0. The van der Waals surface area contributed by atoms with Gasteiger partial charge in [0.15, 0.2) is 5.16 Å². The molecule has 5 aromatic rings. The highest BCUT2D eigenvalue weighted by atomic mass is 32.2. The van der Waals surface area contributed by atoms with Gasteiger partial charge in [-0.25, -0.2) is 4.98 Å². The van der Waals surface area contributed by atoms with Gasteiger partial charge in [-0.15, -0.1) is 0 Å². The van der Waals surface area contributed by atoms with Crippen molar-refractivity contribution in [2.75, 3.05) is 11.1 Å². The highest BCUT2D eigenvalue weighted by molar-refractivity contribution is 7.99. The molecular weight excluding hydrogens is 468 g/mol. The van der Waals surface area contributed by atoms with Crippen LogP contribution in [-0.2, 0) is 4.79 Å². The van der Waals surface area contributed by atoms with Gasteiger partial charge in [-0.3, -0.25) is 14.2 Å². The van der Waals surface area contributed by atoms with E-state index in [0.29, 0.717) is 16.2 Å². The Morgan fingerprint density at radius 3 is 2.44 bits per heavy atom. The lowest BCUT2D eigenvalue weighted by Crippen LogP contribution is -2.24. The number of carbonyl (C=O) groups is 1. The van der Waals surface area contributed by atoms with Gasteiger partial charge in [0.2, 0.25) is 5.91 Å². The number of aromatic amines is 1. The number of rotatable bonds is 5. The van der Waals surface area contributed by atoms with Crippen LogP contribution in [-0.4, -0.2) is 26.2 Å². The molecule has 0 saturated carbocycles. The number of hydrogen-bond acceptors (Lipinski definition) is 4. The summed E-state index contributed by atoms with van der Waals surface area (Å²) in [4.78, 5) is 35.0. The predicted molar refractivity (Wildman–Crippen MR) is 149 cm³/mol. The summed E-state index contributed by atoms with van der Waals surface area (Å²) >= 11 is 1.27. The van der Waals surface area contributed by atoms with E-state index >= 15 is 0 Å². The van der Waals surface area contributed by atoms with Gasteiger partial charge in [0.1, 0.15) is 11.0 Å². The topological polar surface area (TPSA) is 79.8 Å². The molecule has 3 aromatic carbocycles. The summed E-state index contributed by atoms with van der Waals surface area (Å²) < 4.78 is 1.63. The van der Waals surface area contributed by atoms with Gasteiger partial charge < -0.3 is 10.3 Å². The van der Waals surface area contributed by atoms with E-state index in [1.165, 1.54) is 11.8 Å². The summed E-state index contributed by atoms with van der Waals surface area (Å²) in [5, 5.41) is 4.42. The van der Waals surface area contributed by atoms with Crippen LogP contribution >= 0.6 is 11.8 Å². The van der Waals surface area contributed by atoms with Gasteiger partial charge >= 0.3 is 0 Å². The van der Waals surface area contributed by atoms with E-state index in [9.17, 15) is 9.59 Å². The molecule has 0 bridgehead atoms. The van der Waals surface area contributed by atoms with Gasteiger partial charge in [-0.05, 0) is 69.0 Å². The average Bonchev–Trinajstić information content (AvgIpc) is 3.21. The van der Waals surface area contributed by atoms with Crippen molar-refractivity contribution in [3.05, 3.63) is 92.8 Å². The molecule has 0 spiro atoms. The molecule has 1 amide bonds. The van der Waals surface area contributed by atoms with E-state index in [1.807, 2.05) is 77.1 Å². The first-order chi connectivity index (χ1) is 17.2. The number of nitrogens with zero attached hydrogens (tertiary/aromatic N) is 2. The number of H-pyrrole nitrogens is 1. The van der Waals surface area contributed by atoms with Gasteiger partial charge in [0.25, 0.3) is 5.56 Å². The molecule has 0 aliphatic rings. The van der Waals surface area contributed by atoms with Crippen LogP contribution in [0.4, 0.5) is 5.69 Å². The van der Waals surface area contributed by atoms with Crippen LogP contribution in [0.3, 0.4) is 0 Å². The number of thioether (sulfide) groups is 1. The number of aryl methyl sites for hydroxylation is 4. The zero-order valence-corrected chi connectivity index (χ0v) is 21.8. The molecule has 2 heterocycles. The van der Waals surface area contributed by atoms with Crippen LogP contribution in [0.1, 0.15) is 27.8 Å². The number of nitrogens with one attached hydrogen (secondary N) is 2. The third-order valence-corrected chi connectivity index (χ3v) is 7.52. The maximum absolute atomic E-state index is 13.8. The fraction of sp³-hybridized carbons (Fsp3) is 0.207. The summed E-state index contributed by atoms with van der Waals surface area (Å²) in [7, 11) is 0. The summed E-state index contributed by atoms with van der Waals surface area (Å²) in [6, 6.07) is 17.7. The number of fused-ring (bicyclic) bond motifs is 3. The van der Waals surface area contributed by atoms with E-state index in [-0.39, 0.29) is 17.2 Å². The molecule has 0 fully saturated rings. The number of hydrogen-bond donors (Lipinski definition) is 2. The van der Waals surface area contributed by atoms with Crippen LogP contribution < -0.4 is 10.9 Å². The second-order valence-electron chi connectivity index (χ2n) is 9.26. The Bertz CT molecular complexity index is 1690. The van der Waals surface area contributed by atoms with Crippen LogP contribution in [0.5, 0.6) is 0 Å². The third kappa shape index (κ3) is 4.20. The number of para-hydroxylation sites is 1. The molecular formula is C29H28N4O2S. The van der Waals surface area contributed by atoms with Crippen molar-refractivity contribution in [1.82, 2.24) is 14.5 Å². The van der Waals surface area contributed by atoms with E-state index < -0.39 is 0 Å². The molecule has 6 nitrogen and oxygen atoms in total. The second kappa shape index (κ2) is 9.32. The van der Waals surface area contributed by atoms with Crippen LogP contribution in [0, 0.1) is 34.6 Å². The van der Waals surface area contributed by atoms with E-state index in [0.717, 1.165) is 50.1 Å². The number of amides is 1. The molecule has 182 valence electrons. The molecule has 0 atom stereocenters. The molecule has 36 heavy (non-hydrogen) atoms. The molecule has 0 aliphatic carbocycles. The van der Waals surface area contributed by atoms with Crippen LogP contribution in [0.2, 0.25) is 0 Å². The lowest BCUT2D eigenvalue weighted by molar-refractivity contribution is -0.113. The highest BCUT2D eigenvalue weighted by Crippen LogP contribution is 2.28. The van der Waals surface area contributed by atoms with Crippen molar-refractivity contribution in [1.29, 1.82) is 0 Å². The van der Waals surface area contributed by atoms with Gasteiger partial charge in [-0.1, -0.05) is 59.8 Å². The van der Waals surface area contributed by atoms with Crippen LogP contribution in [0.25, 0.3) is 27.6 Å². The maximum atomic E-state index is 13.8. The zero-order chi connectivity index (χ0) is 25.6. The number of aromatic nitrogens is 3. The molecule has 0 saturated heterocycles. The average molecular weight is 497 g/mol. The Balaban J connectivity index is 1.58. The van der Waals surface area contributed by atoms with Crippen molar-refractivity contribution in [3.8, 4) is 5.69 Å². The van der Waals surface area contributed by atoms with Gasteiger partial charge in [-0.2, -0.15) is 0 Å². The van der Waals surface area contributed by atoms with Crippen molar-refractivity contribution < 1.29 is 4.79 Å². The smallest absolute Gasteiger partial charge is 0.283 e. The fourth-order valence-corrected chi connectivity index (χ4v) is 5.51. The molecule has 2 N–H and O–H groups in total. The first-order valence-corrected chi connectivity index (χ1v) is 12.8. The number of carbonyl (C=O) groups excluding carboxylic acids is 1. The molecule has 0 aliphatic heterocycles. The lowest BCUT2D eigenvalue weighted by Gasteiger charge is -2.16. The molecule has 0 radical (unpaired) electrons. The first-order valence-electron chi connectivity index (χ1n) is 11.8. The normalized spacial score (nSPS) is 11.4. The third-order valence-electron chi connectivity index (χ3n) is 6.59. The van der Waals surface area contributed by atoms with Gasteiger partial charge in [0, 0.05) is 16.6 Å². The highest BCUT2D eigenvalue weighted by Gasteiger charge is 2.20. The molecule has 5 rings (SSSR count). The Labute approximate surface area is 213 Å². The Hall–Kier alpha value is -3.84. The summed E-state index contributed by atoms with van der Waals surface area (Å²) in [5.74, 6) is -0.0198. The minimum absolute atomic E-state index is 0.123. The Morgan fingerprint density at radius 1 is 0.972 bits per heavy atom. The maximum Gasteiger partial charge on any atom is 0.283 e. The molecule has 2 aromatic heterocycles. The minimum atomic E-state index is -0.182. The van der Waals surface area contributed by atoms with Gasteiger partial charge in [0.05, 0.1) is 11.4 Å². The SMILES string of the molecule is Cc1cc(C)c(NC(=O)CSc2nc3c([nH]c4ccccc43)c(=O)n2-c2cccc(C)c2C)c(C)c1. The number of benzene rings is 3.